The van der Waals surface area contributed by atoms with E-state index in [2.05, 4.69) is 20.9 Å². The van der Waals surface area contributed by atoms with Crippen molar-refractivity contribution in [1.82, 2.24) is 4.98 Å². The van der Waals surface area contributed by atoms with Crippen LogP contribution >= 0.6 is 39.1 Å². The Hall–Kier alpha value is -1.13. The van der Waals surface area contributed by atoms with Gasteiger partial charge in [-0.25, -0.2) is 4.98 Å². The monoisotopic (exact) mass is 395 g/mol. The first-order valence-corrected chi connectivity index (χ1v) is 8.57. The zero-order chi connectivity index (χ0) is 15.7. The number of aliphatic hydroxyl groups excluding tert-OH is 1. The molecule has 0 aliphatic heterocycles. The molecule has 2 aromatic carbocycles. The third-order valence-electron chi connectivity index (χ3n) is 3.44. The van der Waals surface area contributed by atoms with Crippen molar-refractivity contribution in [3.8, 4) is 11.3 Å². The number of pyridine rings is 1. The number of fused-ring (bicyclic) bond motifs is 1. The highest BCUT2D eigenvalue weighted by Crippen LogP contribution is 2.34. The second-order valence-electron chi connectivity index (χ2n) is 4.92. The van der Waals surface area contributed by atoms with E-state index in [1.54, 1.807) is 12.1 Å². The highest BCUT2D eigenvalue weighted by atomic mass is 79.9. The molecule has 0 saturated carbocycles. The van der Waals surface area contributed by atoms with Crippen LogP contribution in [0.2, 0.25) is 10.0 Å². The van der Waals surface area contributed by atoms with Crippen molar-refractivity contribution in [1.29, 1.82) is 0 Å². The van der Waals surface area contributed by atoms with Gasteiger partial charge < -0.3 is 5.11 Å². The van der Waals surface area contributed by atoms with E-state index in [1.807, 2.05) is 36.4 Å². The fourth-order valence-corrected chi connectivity index (χ4v) is 3.28. The van der Waals surface area contributed by atoms with Gasteiger partial charge in [-0.1, -0.05) is 69.5 Å². The van der Waals surface area contributed by atoms with Crippen molar-refractivity contribution >= 4 is 50.0 Å². The van der Waals surface area contributed by atoms with Crippen molar-refractivity contribution in [2.45, 2.75) is 6.10 Å². The lowest BCUT2D eigenvalue weighted by molar-refractivity contribution is 0.207. The number of alkyl halides is 1. The second-order valence-corrected chi connectivity index (χ2v) is 6.41. The maximum Gasteiger partial charge on any atom is 0.0900 e. The molecular weight excluding hydrogens is 385 g/mol. The third-order valence-corrected chi connectivity index (χ3v) is 4.56. The molecule has 22 heavy (non-hydrogen) atoms. The van der Waals surface area contributed by atoms with Gasteiger partial charge in [-0.3, -0.25) is 0 Å². The summed E-state index contributed by atoms with van der Waals surface area (Å²) < 4.78 is 0. The minimum absolute atomic E-state index is 0.421. The van der Waals surface area contributed by atoms with Crippen LogP contribution in [0.4, 0.5) is 0 Å². The van der Waals surface area contributed by atoms with Crippen LogP contribution in [0.25, 0.3) is 22.2 Å². The van der Waals surface area contributed by atoms with Crippen LogP contribution in [-0.4, -0.2) is 15.4 Å². The average Bonchev–Trinajstić information content (AvgIpc) is 2.54. The van der Waals surface area contributed by atoms with Crippen LogP contribution in [0.1, 0.15) is 11.7 Å². The summed E-state index contributed by atoms with van der Waals surface area (Å²) in [6.45, 7) is 0. The summed E-state index contributed by atoms with van der Waals surface area (Å²) in [6.07, 6.45) is -0.664. The number of aliphatic hydroxyl groups is 1. The molecule has 0 spiro atoms. The van der Waals surface area contributed by atoms with Gasteiger partial charge >= 0.3 is 0 Å². The summed E-state index contributed by atoms with van der Waals surface area (Å²) in [5, 5.41) is 12.5. The Balaban J connectivity index is 2.33. The van der Waals surface area contributed by atoms with Crippen molar-refractivity contribution < 1.29 is 5.11 Å². The quantitative estimate of drug-likeness (QED) is 0.581. The van der Waals surface area contributed by atoms with Gasteiger partial charge in [0.05, 0.1) is 22.3 Å². The molecule has 2 nitrogen and oxygen atoms in total. The zero-order valence-corrected chi connectivity index (χ0v) is 14.5. The molecular formula is C17H12BrCl2NO. The van der Waals surface area contributed by atoms with E-state index in [4.69, 9.17) is 23.2 Å². The Morgan fingerprint density at radius 1 is 1.09 bits per heavy atom. The number of benzene rings is 2. The molecule has 1 N–H and O–H groups in total. The van der Waals surface area contributed by atoms with Gasteiger partial charge in [0.2, 0.25) is 0 Å². The number of hydrogen-bond donors (Lipinski definition) is 1. The Labute approximate surface area is 146 Å². The maximum absolute atomic E-state index is 10.3. The third kappa shape index (κ3) is 2.99. The predicted molar refractivity (Wildman–Crippen MR) is 96.0 cm³/mol. The molecule has 3 aromatic rings. The molecule has 1 atom stereocenters. The molecule has 0 amide bonds. The fraction of sp³-hybridized carbons (Fsp3) is 0.118. The largest absolute Gasteiger partial charge is 0.388 e. The molecule has 1 heterocycles. The Morgan fingerprint density at radius 2 is 1.82 bits per heavy atom. The van der Waals surface area contributed by atoms with E-state index < -0.39 is 6.10 Å². The second kappa shape index (κ2) is 6.55. The molecule has 0 aliphatic rings. The summed E-state index contributed by atoms with van der Waals surface area (Å²) in [6, 6.07) is 15.1. The van der Waals surface area contributed by atoms with Gasteiger partial charge in [0, 0.05) is 21.3 Å². The van der Waals surface area contributed by atoms with Crippen molar-refractivity contribution in [3.05, 3.63) is 64.1 Å². The summed E-state index contributed by atoms with van der Waals surface area (Å²) in [5.74, 6) is 0. The van der Waals surface area contributed by atoms with E-state index >= 15 is 0 Å². The van der Waals surface area contributed by atoms with E-state index in [9.17, 15) is 5.11 Å². The highest BCUT2D eigenvalue weighted by Gasteiger charge is 2.16. The first-order chi connectivity index (χ1) is 10.6. The number of halogens is 3. The molecule has 0 bridgehead atoms. The zero-order valence-electron chi connectivity index (χ0n) is 11.4. The van der Waals surface area contributed by atoms with Crippen LogP contribution in [0.3, 0.4) is 0 Å². The molecule has 112 valence electrons. The number of nitrogens with zero attached hydrogens (tertiary/aromatic N) is 1. The Bertz CT molecular complexity index is 824. The van der Waals surface area contributed by atoms with Gasteiger partial charge in [0.25, 0.3) is 0 Å². The topological polar surface area (TPSA) is 33.1 Å². The molecule has 0 fully saturated rings. The lowest BCUT2D eigenvalue weighted by atomic mass is 10.0. The van der Waals surface area contributed by atoms with Gasteiger partial charge in [-0.15, -0.1) is 0 Å². The normalized spacial score (nSPS) is 12.5. The first kappa shape index (κ1) is 15.8. The average molecular weight is 397 g/mol. The number of hydrogen-bond acceptors (Lipinski definition) is 2. The first-order valence-electron chi connectivity index (χ1n) is 6.69. The van der Waals surface area contributed by atoms with Crippen LogP contribution in [0.15, 0.2) is 48.5 Å². The van der Waals surface area contributed by atoms with Gasteiger partial charge in [0.1, 0.15) is 0 Å². The van der Waals surface area contributed by atoms with E-state index in [1.165, 1.54) is 0 Å². The molecule has 0 radical (unpaired) electrons. The molecule has 3 rings (SSSR count). The van der Waals surface area contributed by atoms with Crippen LogP contribution in [-0.2, 0) is 0 Å². The lowest BCUT2D eigenvalue weighted by Gasteiger charge is -2.14. The molecule has 1 unspecified atom stereocenters. The summed E-state index contributed by atoms with van der Waals surface area (Å²) in [7, 11) is 0. The molecule has 1 aromatic heterocycles. The summed E-state index contributed by atoms with van der Waals surface area (Å²) in [5.41, 5.74) is 3.14. The molecule has 0 saturated heterocycles. The van der Waals surface area contributed by atoms with E-state index in [0.29, 0.717) is 20.9 Å². The van der Waals surface area contributed by atoms with Crippen molar-refractivity contribution in [2.75, 3.05) is 5.33 Å². The lowest BCUT2D eigenvalue weighted by Crippen LogP contribution is -2.02. The standard InChI is InChI=1S/C17H12BrCl2NO/c18-9-16(22)12-8-15(10-4-2-1-3-5-10)21-17-13(12)6-11(19)7-14(17)20/h1-8,16,22H,9H2. The number of rotatable bonds is 3. The van der Waals surface area contributed by atoms with Crippen molar-refractivity contribution in [2.24, 2.45) is 0 Å². The Morgan fingerprint density at radius 3 is 2.50 bits per heavy atom. The van der Waals surface area contributed by atoms with Gasteiger partial charge in [-0.05, 0) is 23.8 Å². The van der Waals surface area contributed by atoms with Crippen LogP contribution in [0.5, 0.6) is 0 Å². The predicted octanol–water partition coefficient (Wildman–Crippen LogP) is 5.64. The van der Waals surface area contributed by atoms with Gasteiger partial charge in [-0.2, -0.15) is 0 Å². The van der Waals surface area contributed by atoms with Crippen LogP contribution < -0.4 is 0 Å². The Kier molecular flexibility index (Phi) is 4.69. The summed E-state index contributed by atoms with van der Waals surface area (Å²) >= 11 is 15.7. The minimum atomic E-state index is -0.664. The molecule has 5 heteroatoms. The number of aromatic nitrogens is 1. The SMILES string of the molecule is OC(CBr)c1cc(-c2ccccc2)nc2c(Cl)cc(Cl)cc12. The van der Waals surface area contributed by atoms with Crippen LogP contribution in [0, 0.1) is 0 Å². The smallest absolute Gasteiger partial charge is 0.0900 e. The van der Waals surface area contributed by atoms with E-state index in [-0.39, 0.29) is 0 Å². The van der Waals surface area contributed by atoms with Crippen molar-refractivity contribution in [3.63, 3.8) is 0 Å². The highest BCUT2D eigenvalue weighted by molar-refractivity contribution is 9.09. The maximum atomic E-state index is 10.3. The van der Waals surface area contributed by atoms with Gasteiger partial charge in [0.15, 0.2) is 0 Å². The van der Waals surface area contributed by atoms with E-state index in [0.717, 1.165) is 22.2 Å². The summed E-state index contributed by atoms with van der Waals surface area (Å²) in [4.78, 5) is 4.65. The molecule has 0 aliphatic carbocycles. The fourth-order valence-electron chi connectivity index (χ4n) is 2.39. The minimum Gasteiger partial charge on any atom is -0.388 e.